The molecule has 15 heavy (non-hydrogen) atoms. The number of halogens is 1. The number of anilines is 1. The van der Waals surface area contributed by atoms with Crippen LogP contribution in [0.1, 0.15) is 0 Å². The van der Waals surface area contributed by atoms with E-state index in [9.17, 15) is 0 Å². The zero-order chi connectivity index (χ0) is 10.7. The van der Waals surface area contributed by atoms with Gasteiger partial charge in [-0.2, -0.15) is 0 Å². The number of fused-ring (bicyclic) bond motifs is 1. The Hall–Kier alpha value is -1.72. The van der Waals surface area contributed by atoms with E-state index in [-0.39, 0.29) is 0 Å². The van der Waals surface area contributed by atoms with E-state index in [1.165, 1.54) is 0 Å². The van der Waals surface area contributed by atoms with E-state index in [1.54, 1.807) is 6.20 Å². The standard InChI is InChI=1S/C12H9ClN2/c1-2-6-14-11-5-7-15-12-8-9(13)3-4-10(11)12/h1,3-5,7-8H,6H2,(H,14,15). The fourth-order valence-corrected chi connectivity index (χ4v) is 1.59. The Morgan fingerprint density at radius 3 is 3.07 bits per heavy atom. The maximum atomic E-state index is 5.88. The van der Waals surface area contributed by atoms with Crippen molar-refractivity contribution in [3.05, 3.63) is 35.5 Å². The Morgan fingerprint density at radius 2 is 2.27 bits per heavy atom. The van der Waals surface area contributed by atoms with Crippen LogP contribution in [0.5, 0.6) is 0 Å². The quantitative estimate of drug-likeness (QED) is 0.781. The maximum absolute atomic E-state index is 5.88. The molecular weight excluding hydrogens is 208 g/mol. The second-order valence-corrected chi connectivity index (χ2v) is 3.51. The summed E-state index contributed by atoms with van der Waals surface area (Å²) in [5.41, 5.74) is 1.85. The number of hydrogen-bond acceptors (Lipinski definition) is 2. The summed E-state index contributed by atoms with van der Waals surface area (Å²) in [7, 11) is 0. The van der Waals surface area contributed by atoms with Crippen LogP contribution in [-0.2, 0) is 0 Å². The lowest BCUT2D eigenvalue weighted by Gasteiger charge is -2.06. The Labute approximate surface area is 93.3 Å². The number of nitrogens with one attached hydrogen (secondary N) is 1. The van der Waals surface area contributed by atoms with Gasteiger partial charge in [0, 0.05) is 22.3 Å². The summed E-state index contributed by atoms with van der Waals surface area (Å²) in [6, 6.07) is 7.50. The highest BCUT2D eigenvalue weighted by Crippen LogP contribution is 2.23. The van der Waals surface area contributed by atoms with Gasteiger partial charge < -0.3 is 5.32 Å². The molecular formula is C12H9ClN2. The molecule has 0 aliphatic rings. The average Bonchev–Trinajstić information content (AvgIpc) is 2.25. The van der Waals surface area contributed by atoms with Crippen LogP contribution in [-0.4, -0.2) is 11.5 Å². The minimum absolute atomic E-state index is 0.502. The van der Waals surface area contributed by atoms with Gasteiger partial charge >= 0.3 is 0 Å². The monoisotopic (exact) mass is 216 g/mol. The summed E-state index contributed by atoms with van der Waals surface area (Å²) in [6.45, 7) is 0.502. The van der Waals surface area contributed by atoms with E-state index in [0.29, 0.717) is 11.6 Å². The molecule has 0 amide bonds. The lowest BCUT2D eigenvalue weighted by atomic mass is 10.2. The Balaban J connectivity index is 2.52. The first-order valence-corrected chi connectivity index (χ1v) is 4.90. The predicted molar refractivity (Wildman–Crippen MR) is 64.1 cm³/mol. The highest BCUT2D eigenvalue weighted by Gasteiger charge is 2.00. The molecule has 3 heteroatoms. The summed E-state index contributed by atoms with van der Waals surface area (Å²) in [5, 5.41) is 4.85. The number of hydrogen-bond donors (Lipinski definition) is 1. The maximum Gasteiger partial charge on any atom is 0.0763 e. The number of nitrogens with zero attached hydrogens (tertiary/aromatic N) is 1. The van der Waals surface area contributed by atoms with E-state index < -0.39 is 0 Å². The number of rotatable bonds is 2. The van der Waals surface area contributed by atoms with Crippen LogP contribution in [0.15, 0.2) is 30.5 Å². The number of pyridine rings is 1. The molecule has 74 valence electrons. The van der Waals surface area contributed by atoms with Crippen molar-refractivity contribution in [2.75, 3.05) is 11.9 Å². The molecule has 2 aromatic rings. The lowest BCUT2D eigenvalue weighted by molar-refractivity contribution is 1.35. The normalized spacial score (nSPS) is 9.87. The molecule has 0 saturated heterocycles. The van der Waals surface area contributed by atoms with Gasteiger partial charge in [-0.05, 0) is 24.3 Å². The molecule has 0 radical (unpaired) electrons. The molecule has 0 unspecified atom stereocenters. The zero-order valence-corrected chi connectivity index (χ0v) is 8.75. The van der Waals surface area contributed by atoms with E-state index >= 15 is 0 Å². The smallest absolute Gasteiger partial charge is 0.0763 e. The fourth-order valence-electron chi connectivity index (χ4n) is 1.42. The molecule has 1 aromatic heterocycles. The Bertz CT molecular complexity index is 529. The van der Waals surface area contributed by atoms with Crippen LogP contribution >= 0.6 is 11.6 Å². The predicted octanol–water partition coefficient (Wildman–Crippen LogP) is 2.93. The fraction of sp³-hybridized carbons (Fsp3) is 0.0833. The largest absolute Gasteiger partial charge is 0.374 e. The molecule has 1 aromatic carbocycles. The van der Waals surface area contributed by atoms with Gasteiger partial charge in [0.25, 0.3) is 0 Å². The molecule has 0 aliphatic heterocycles. The van der Waals surface area contributed by atoms with Crippen LogP contribution < -0.4 is 5.32 Å². The van der Waals surface area contributed by atoms with E-state index in [4.69, 9.17) is 18.0 Å². The van der Waals surface area contributed by atoms with Gasteiger partial charge in [0.2, 0.25) is 0 Å². The van der Waals surface area contributed by atoms with Crippen LogP contribution in [0.4, 0.5) is 5.69 Å². The van der Waals surface area contributed by atoms with Crippen molar-refractivity contribution in [1.82, 2.24) is 4.98 Å². The van der Waals surface area contributed by atoms with Crippen molar-refractivity contribution in [1.29, 1.82) is 0 Å². The SMILES string of the molecule is C#CCNc1ccnc2cc(Cl)ccc12. The molecule has 0 saturated carbocycles. The van der Waals surface area contributed by atoms with Gasteiger partial charge in [-0.15, -0.1) is 6.42 Å². The van der Waals surface area contributed by atoms with Crippen molar-refractivity contribution in [3.8, 4) is 12.3 Å². The third-order valence-electron chi connectivity index (χ3n) is 2.09. The van der Waals surface area contributed by atoms with Crippen LogP contribution in [0, 0.1) is 12.3 Å². The molecule has 0 fully saturated rings. The zero-order valence-electron chi connectivity index (χ0n) is 8.00. The molecule has 0 spiro atoms. The van der Waals surface area contributed by atoms with Gasteiger partial charge in [-0.25, -0.2) is 0 Å². The first kappa shape index (κ1) is 9.82. The minimum atomic E-state index is 0.502. The first-order valence-electron chi connectivity index (χ1n) is 4.53. The highest BCUT2D eigenvalue weighted by atomic mass is 35.5. The van der Waals surface area contributed by atoms with Crippen LogP contribution in [0.3, 0.4) is 0 Å². The molecule has 0 atom stereocenters. The van der Waals surface area contributed by atoms with Gasteiger partial charge in [-0.3, -0.25) is 4.98 Å². The Kier molecular flexibility index (Phi) is 2.75. The molecule has 0 bridgehead atoms. The van der Waals surface area contributed by atoms with Crippen molar-refractivity contribution in [2.24, 2.45) is 0 Å². The van der Waals surface area contributed by atoms with Crippen molar-refractivity contribution >= 4 is 28.2 Å². The first-order chi connectivity index (χ1) is 7.31. The van der Waals surface area contributed by atoms with Gasteiger partial charge in [0.1, 0.15) is 0 Å². The second kappa shape index (κ2) is 4.20. The summed E-state index contributed by atoms with van der Waals surface area (Å²) >= 11 is 5.88. The van der Waals surface area contributed by atoms with Gasteiger partial charge in [-0.1, -0.05) is 17.5 Å². The van der Waals surface area contributed by atoms with Crippen LogP contribution in [0.25, 0.3) is 10.9 Å². The van der Waals surface area contributed by atoms with E-state index in [0.717, 1.165) is 16.6 Å². The molecule has 1 heterocycles. The number of aromatic nitrogens is 1. The van der Waals surface area contributed by atoms with E-state index in [2.05, 4.69) is 16.2 Å². The molecule has 0 aliphatic carbocycles. The second-order valence-electron chi connectivity index (χ2n) is 3.08. The number of benzene rings is 1. The van der Waals surface area contributed by atoms with Gasteiger partial charge in [0.15, 0.2) is 0 Å². The summed E-state index contributed by atoms with van der Waals surface area (Å²) in [6.07, 6.45) is 6.93. The van der Waals surface area contributed by atoms with Gasteiger partial charge in [0.05, 0.1) is 12.1 Å². The molecule has 1 N–H and O–H groups in total. The molecule has 2 nitrogen and oxygen atoms in total. The highest BCUT2D eigenvalue weighted by molar-refractivity contribution is 6.31. The van der Waals surface area contributed by atoms with Crippen LogP contribution in [0.2, 0.25) is 5.02 Å². The molecule has 2 rings (SSSR count). The van der Waals surface area contributed by atoms with Crippen molar-refractivity contribution < 1.29 is 0 Å². The van der Waals surface area contributed by atoms with E-state index in [1.807, 2.05) is 24.3 Å². The summed E-state index contributed by atoms with van der Waals surface area (Å²) < 4.78 is 0. The topological polar surface area (TPSA) is 24.9 Å². The summed E-state index contributed by atoms with van der Waals surface area (Å²) in [5.74, 6) is 2.53. The number of terminal acetylenes is 1. The third kappa shape index (κ3) is 2.03. The summed E-state index contributed by atoms with van der Waals surface area (Å²) in [4.78, 5) is 4.23. The Morgan fingerprint density at radius 1 is 1.40 bits per heavy atom. The van der Waals surface area contributed by atoms with Crippen molar-refractivity contribution in [3.63, 3.8) is 0 Å². The minimum Gasteiger partial charge on any atom is -0.374 e. The lowest BCUT2D eigenvalue weighted by Crippen LogP contribution is -1.99. The average molecular weight is 217 g/mol. The third-order valence-corrected chi connectivity index (χ3v) is 2.32. The van der Waals surface area contributed by atoms with Crippen molar-refractivity contribution in [2.45, 2.75) is 0 Å².